The van der Waals surface area contributed by atoms with Crippen LogP contribution in [0.2, 0.25) is 0 Å². The molecule has 0 saturated carbocycles. The van der Waals surface area contributed by atoms with Gasteiger partial charge in [0.2, 0.25) is 0 Å². The lowest BCUT2D eigenvalue weighted by molar-refractivity contribution is -0.385. The van der Waals surface area contributed by atoms with Gasteiger partial charge in [-0.05, 0) is 29.8 Å². The molecule has 3 N–H and O–H groups in total. The van der Waals surface area contributed by atoms with Gasteiger partial charge in [0.1, 0.15) is 5.56 Å². The maximum atomic E-state index is 12.4. The summed E-state index contributed by atoms with van der Waals surface area (Å²) in [7, 11) is 0. The summed E-state index contributed by atoms with van der Waals surface area (Å²) >= 11 is 0. The zero-order valence-corrected chi connectivity index (χ0v) is 13.1. The van der Waals surface area contributed by atoms with Crippen LogP contribution >= 0.6 is 0 Å². The van der Waals surface area contributed by atoms with Gasteiger partial charge in [0.15, 0.2) is 0 Å². The number of rotatable bonds is 5. The average Bonchev–Trinajstić information content (AvgIpc) is 3.09. The Kier molecular flexibility index (Phi) is 4.42. The number of hydrogen-bond acceptors (Lipinski definition) is 5. The summed E-state index contributed by atoms with van der Waals surface area (Å²) in [5.41, 5.74) is 6.85. The van der Waals surface area contributed by atoms with E-state index in [0.717, 1.165) is 5.56 Å². The van der Waals surface area contributed by atoms with Crippen molar-refractivity contribution in [2.75, 3.05) is 11.1 Å². The zero-order chi connectivity index (χ0) is 17.8. The van der Waals surface area contributed by atoms with E-state index in [1.165, 1.54) is 18.2 Å². The van der Waals surface area contributed by atoms with Crippen molar-refractivity contribution in [3.8, 4) is 0 Å². The number of nitro benzene ring substituents is 1. The second kappa shape index (κ2) is 6.83. The first-order chi connectivity index (χ1) is 12.0. The number of nitro groups is 1. The van der Waals surface area contributed by atoms with Crippen LogP contribution in [-0.2, 0) is 6.54 Å². The Hall–Kier alpha value is -3.68. The summed E-state index contributed by atoms with van der Waals surface area (Å²) in [5, 5.41) is 17.9. The largest absolute Gasteiger partial charge is 0.398 e. The van der Waals surface area contributed by atoms with E-state index in [1.807, 2.05) is 24.4 Å². The summed E-state index contributed by atoms with van der Waals surface area (Å²) in [4.78, 5) is 22.9. The van der Waals surface area contributed by atoms with Crippen LogP contribution in [0.5, 0.6) is 0 Å². The van der Waals surface area contributed by atoms with Crippen molar-refractivity contribution in [3.05, 3.63) is 82.2 Å². The highest BCUT2D eigenvalue weighted by atomic mass is 16.6. The quantitative estimate of drug-likeness (QED) is 0.422. The topological polar surface area (TPSA) is 116 Å². The Morgan fingerprint density at radius 2 is 1.96 bits per heavy atom. The highest BCUT2D eigenvalue weighted by Crippen LogP contribution is 2.25. The molecule has 0 spiro atoms. The molecule has 1 amide bonds. The number of aromatic nitrogens is 2. The van der Waals surface area contributed by atoms with Crippen molar-refractivity contribution in [1.82, 2.24) is 9.78 Å². The van der Waals surface area contributed by atoms with Crippen molar-refractivity contribution < 1.29 is 9.72 Å². The Balaban J connectivity index is 1.76. The standard InChI is InChI=1S/C17H15N5O3/c18-14-3-1-4-15(22(24)25)16(14)17(23)20-13-7-5-12(6-8-13)11-21-10-2-9-19-21/h1-10H,11,18H2,(H,20,23). The fourth-order valence-corrected chi connectivity index (χ4v) is 2.43. The minimum absolute atomic E-state index is 0.0574. The second-order valence-corrected chi connectivity index (χ2v) is 5.35. The monoisotopic (exact) mass is 337 g/mol. The molecule has 1 heterocycles. The number of carbonyl (C=O) groups is 1. The first-order valence-corrected chi connectivity index (χ1v) is 7.45. The number of nitrogens with zero attached hydrogens (tertiary/aromatic N) is 3. The Labute approximate surface area is 143 Å². The van der Waals surface area contributed by atoms with Crippen molar-refractivity contribution in [2.24, 2.45) is 0 Å². The predicted octanol–water partition coefficient (Wildman–Crippen LogP) is 2.67. The van der Waals surface area contributed by atoms with Crippen molar-refractivity contribution >= 4 is 23.0 Å². The second-order valence-electron chi connectivity index (χ2n) is 5.35. The molecule has 0 aliphatic carbocycles. The van der Waals surface area contributed by atoms with Gasteiger partial charge in [-0.25, -0.2) is 0 Å². The molecule has 0 atom stereocenters. The van der Waals surface area contributed by atoms with Crippen LogP contribution in [-0.4, -0.2) is 20.6 Å². The molecule has 0 aliphatic rings. The third-order valence-electron chi connectivity index (χ3n) is 3.61. The Morgan fingerprint density at radius 3 is 2.60 bits per heavy atom. The van der Waals surface area contributed by atoms with Crippen LogP contribution in [0, 0.1) is 10.1 Å². The number of benzene rings is 2. The number of anilines is 2. The van der Waals surface area contributed by atoms with Crippen molar-refractivity contribution in [3.63, 3.8) is 0 Å². The fourth-order valence-electron chi connectivity index (χ4n) is 2.43. The maximum absolute atomic E-state index is 12.4. The number of nitrogens with two attached hydrogens (primary N) is 1. The number of carbonyl (C=O) groups excluding carboxylic acids is 1. The van der Waals surface area contributed by atoms with Gasteiger partial charge in [-0.2, -0.15) is 5.10 Å². The minimum Gasteiger partial charge on any atom is -0.398 e. The smallest absolute Gasteiger partial charge is 0.284 e. The molecule has 8 nitrogen and oxygen atoms in total. The van der Waals surface area contributed by atoms with Crippen LogP contribution in [0.25, 0.3) is 0 Å². The SMILES string of the molecule is Nc1cccc([N+](=O)[O-])c1C(=O)Nc1ccc(Cn2cccn2)cc1. The van der Waals surface area contributed by atoms with Crippen LogP contribution in [0.3, 0.4) is 0 Å². The van der Waals surface area contributed by atoms with Gasteiger partial charge in [-0.1, -0.05) is 18.2 Å². The molecular formula is C17H15N5O3. The molecule has 8 heteroatoms. The fraction of sp³-hybridized carbons (Fsp3) is 0.0588. The molecule has 3 rings (SSSR count). The van der Waals surface area contributed by atoms with Crippen molar-refractivity contribution in [2.45, 2.75) is 6.54 Å². The first-order valence-electron chi connectivity index (χ1n) is 7.45. The van der Waals surface area contributed by atoms with E-state index in [1.54, 1.807) is 23.0 Å². The lowest BCUT2D eigenvalue weighted by atomic mass is 10.1. The molecule has 3 aromatic rings. The summed E-state index contributed by atoms with van der Waals surface area (Å²) in [5.74, 6) is -0.621. The van der Waals surface area contributed by atoms with E-state index in [0.29, 0.717) is 12.2 Å². The molecule has 25 heavy (non-hydrogen) atoms. The first kappa shape index (κ1) is 16.2. The third kappa shape index (κ3) is 3.63. The van der Waals surface area contributed by atoms with Crippen molar-refractivity contribution in [1.29, 1.82) is 0 Å². The van der Waals surface area contributed by atoms with Crippen LogP contribution in [0.15, 0.2) is 60.9 Å². The van der Waals surface area contributed by atoms with Crippen LogP contribution in [0.4, 0.5) is 17.1 Å². The van der Waals surface area contributed by atoms with Gasteiger partial charge in [0, 0.05) is 24.1 Å². The lowest BCUT2D eigenvalue weighted by Crippen LogP contribution is -2.16. The predicted molar refractivity (Wildman–Crippen MR) is 93.2 cm³/mol. The molecule has 2 aromatic carbocycles. The number of amides is 1. The van der Waals surface area contributed by atoms with Crippen LogP contribution in [0.1, 0.15) is 15.9 Å². The van der Waals surface area contributed by atoms with Gasteiger partial charge in [-0.15, -0.1) is 0 Å². The average molecular weight is 337 g/mol. The normalized spacial score (nSPS) is 10.4. The van der Waals surface area contributed by atoms with Crippen LogP contribution < -0.4 is 11.1 Å². The molecule has 0 fully saturated rings. The van der Waals surface area contributed by atoms with E-state index < -0.39 is 10.8 Å². The highest BCUT2D eigenvalue weighted by molar-refractivity contribution is 6.10. The summed E-state index contributed by atoms with van der Waals surface area (Å²) in [6.07, 6.45) is 3.55. The molecule has 0 aliphatic heterocycles. The zero-order valence-electron chi connectivity index (χ0n) is 13.1. The Bertz CT molecular complexity index is 905. The maximum Gasteiger partial charge on any atom is 0.284 e. The number of hydrogen-bond donors (Lipinski definition) is 2. The number of nitrogens with one attached hydrogen (secondary N) is 1. The van der Waals surface area contributed by atoms with E-state index in [2.05, 4.69) is 10.4 Å². The molecular weight excluding hydrogens is 322 g/mol. The van der Waals surface area contributed by atoms with Gasteiger partial charge >= 0.3 is 0 Å². The van der Waals surface area contributed by atoms with Gasteiger partial charge in [-0.3, -0.25) is 19.6 Å². The summed E-state index contributed by atoms with van der Waals surface area (Å²) in [6, 6.07) is 13.1. The molecule has 0 unspecified atom stereocenters. The molecule has 126 valence electrons. The van der Waals surface area contributed by atoms with Gasteiger partial charge in [0.25, 0.3) is 11.6 Å². The molecule has 0 saturated heterocycles. The summed E-state index contributed by atoms with van der Waals surface area (Å²) < 4.78 is 1.78. The third-order valence-corrected chi connectivity index (χ3v) is 3.61. The van der Waals surface area contributed by atoms with E-state index in [4.69, 9.17) is 5.73 Å². The lowest BCUT2D eigenvalue weighted by Gasteiger charge is -2.09. The minimum atomic E-state index is -0.627. The number of nitrogen functional groups attached to an aromatic ring is 1. The van der Waals surface area contributed by atoms with E-state index in [9.17, 15) is 14.9 Å². The molecule has 1 aromatic heterocycles. The van der Waals surface area contributed by atoms with Gasteiger partial charge < -0.3 is 11.1 Å². The molecule has 0 radical (unpaired) electrons. The molecule has 0 bridgehead atoms. The van der Waals surface area contributed by atoms with Gasteiger partial charge in [0.05, 0.1) is 17.2 Å². The van der Waals surface area contributed by atoms with E-state index >= 15 is 0 Å². The Morgan fingerprint density at radius 1 is 1.20 bits per heavy atom. The summed E-state index contributed by atoms with van der Waals surface area (Å²) in [6.45, 7) is 0.609. The van der Waals surface area contributed by atoms with E-state index in [-0.39, 0.29) is 16.9 Å². The highest BCUT2D eigenvalue weighted by Gasteiger charge is 2.22.